The summed E-state index contributed by atoms with van der Waals surface area (Å²) in [7, 11) is 0. The number of hydrogen-bond acceptors (Lipinski definition) is 3. The van der Waals surface area contributed by atoms with E-state index in [1.165, 1.54) is 30.5 Å². The van der Waals surface area contributed by atoms with Gasteiger partial charge in [0.15, 0.2) is 0 Å². The Kier molecular flexibility index (Phi) is 4.04. The van der Waals surface area contributed by atoms with Gasteiger partial charge in [-0.1, -0.05) is 13.0 Å². The number of benzene rings is 1. The summed E-state index contributed by atoms with van der Waals surface area (Å²) in [5, 5.41) is 3.42. The molecule has 1 aromatic carbocycles. The molecule has 2 aliphatic heterocycles. The molecule has 1 N–H and O–H groups in total. The standard InChI is InChI=1S/C16H24N2O/c1-2-18-9-3-4-16(12-18)19-15-6-5-13-7-8-17-11-14(13)10-15/h5-6,10,16-17H,2-4,7-9,11-12H2,1H3. The zero-order valence-electron chi connectivity index (χ0n) is 11.8. The molecule has 0 radical (unpaired) electrons. The van der Waals surface area contributed by atoms with Crippen molar-refractivity contribution in [1.82, 2.24) is 10.2 Å². The van der Waals surface area contributed by atoms with Crippen LogP contribution in [0, 0.1) is 0 Å². The highest BCUT2D eigenvalue weighted by Crippen LogP contribution is 2.23. The van der Waals surface area contributed by atoms with Crippen molar-refractivity contribution in [3.05, 3.63) is 29.3 Å². The molecule has 1 atom stereocenters. The number of fused-ring (bicyclic) bond motifs is 1. The molecule has 1 unspecified atom stereocenters. The van der Waals surface area contributed by atoms with Crippen LogP contribution < -0.4 is 10.1 Å². The van der Waals surface area contributed by atoms with E-state index in [0.717, 1.165) is 38.3 Å². The number of ether oxygens (including phenoxy) is 1. The normalized spacial score (nSPS) is 23.9. The number of likely N-dealkylation sites (N-methyl/N-ethyl adjacent to an activating group) is 1. The van der Waals surface area contributed by atoms with Gasteiger partial charge in [0.05, 0.1) is 0 Å². The third-order valence-corrected chi connectivity index (χ3v) is 4.28. The number of nitrogens with one attached hydrogen (secondary N) is 1. The Balaban J connectivity index is 1.66. The maximum Gasteiger partial charge on any atom is 0.120 e. The third kappa shape index (κ3) is 3.10. The van der Waals surface area contributed by atoms with Gasteiger partial charge in [-0.15, -0.1) is 0 Å². The van der Waals surface area contributed by atoms with Crippen LogP contribution in [0.2, 0.25) is 0 Å². The van der Waals surface area contributed by atoms with E-state index in [-0.39, 0.29) is 0 Å². The van der Waals surface area contributed by atoms with Gasteiger partial charge in [0.1, 0.15) is 11.9 Å². The fourth-order valence-electron chi connectivity index (χ4n) is 3.12. The second-order valence-corrected chi connectivity index (χ2v) is 5.63. The molecule has 0 bridgehead atoms. The fraction of sp³-hybridized carbons (Fsp3) is 0.625. The molecule has 0 amide bonds. The Labute approximate surface area is 115 Å². The highest BCUT2D eigenvalue weighted by molar-refractivity contribution is 5.37. The van der Waals surface area contributed by atoms with Crippen molar-refractivity contribution in [2.75, 3.05) is 26.2 Å². The lowest BCUT2D eigenvalue weighted by molar-refractivity contribution is 0.0919. The second-order valence-electron chi connectivity index (χ2n) is 5.63. The summed E-state index contributed by atoms with van der Waals surface area (Å²) < 4.78 is 6.18. The van der Waals surface area contributed by atoms with E-state index in [1.807, 2.05) is 0 Å². The topological polar surface area (TPSA) is 24.5 Å². The summed E-state index contributed by atoms with van der Waals surface area (Å²) in [6, 6.07) is 6.62. The zero-order chi connectivity index (χ0) is 13.1. The quantitative estimate of drug-likeness (QED) is 0.901. The predicted octanol–water partition coefficient (Wildman–Crippen LogP) is 2.20. The van der Waals surface area contributed by atoms with Crippen LogP contribution in [-0.2, 0) is 13.0 Å². The summed E-state index contributed by atoms with van der Waals surface area (Å²) in [4.78, 5) is 2.48. The van der Waals surface area contributed by atoms with Crippen LogP contribution in [0.4, 0.5) is 0 Å². The monoisotopic (exact) mass is 260 g/mol. The molecule has 104 valence electrons. The molecule has 2 heterocycles. The number of piperidine rings is 1. The van der Waals surface area contributed by atoms with Crippen LogP contribution in [0.3, 0.4) is 0 Å². The van der Waals surface area contributed by atoms with Crippen molar-refractivity contribution in [2.24, 2.45) is 0 Å². The minimum absolute atomic E-state index is 0.364. The van der Waals surface area contributed by atoms with Gasteiger partial charge >= 0.3 is 0 Å². The molecule has 0 saturated carbocycles. The van der Waals surface area contributed by atoms with Crippen LogP contribution >= 0.6 is 0 Å². The van der Waals surface area contributed by atoms with E-state index >= 15 is 0 Å². The van der Waals surface area contributed by atoms with Crippen molar-refractivity contribution in [1.29, 1.82) is 0 Å². The Morgan fingerprint density at radius 3 is 3.21 bits per heavy atom. The van der Waals surface area contributed by atoms with Gasteiger partial charge in [-0.25, -0.2) is 0 Å². The lowest BCUT2D eigenvalue weighted by Gasteiger charge is -2.32. The van der Waals surface area contributed by atoms with Crippen molar-refractivity contribution >= 4 is 0 Å². The van der Waals surface area contributed by atoms with E-state index in [1.54, 1.807) is 0 Å². The van der Waals surface area contributed by atoms with Gasteiger partial charge in [0.25, 0.3) is 0 Å². The number of likely N-dealkylation sites (tertiary alicyclic amines) is 1. The summed E-state index contributed by atoms with van der Waals surface area (Å²) in [5.41, 5.74) is 2.89. The molecule has 3 rings (SSSR count). The van der Waals surface area contributed by atoms with Gasteiger partial charge < -0.3 is 10.1 Å². The molecule has 3 heteroatoms. The molecule has 0 spiro atoms. The molecule has 1 saturated heterocycles. The highest BCUT2D eigenvalue weighted by Gasteiger charge is 2.20. The van der Waals surface area contributed by atoms with E-state index in [2.05, 4.69) is 35.3 Å². The van der Waals surface area contributed by atoms with Crippen LogP contribution in [0.1, 0.15) is 30.9 Å². The average molecular weight is 260 g/mol. The zero-order valence-corrected chi connectivity index (χ0v) is 11.8. The second kappa shape index (κ2) is 5.93. The first kappa shape index (κ1) is 12.9. The third-order valence-electron chi connectivity index (χ3n) is 4.28. The first-order valence-electron chi connectivity index (χ1n) is 7.56. The first-order valence-corrected chi connectivity index (χ1v) is 7.56. The predicted molar refractivity (Wildman–Crippen MR) is 77.6 cm³/mol. The van der Waals surface area contributed by atoms with E-state index in [4.69, 9.17) is 4.74 Å². The number of rotatable bonds is 3. The van der Waals surface area contributed by atoms with Crippen molar-refractivity contribution < 1.29 is 4.74 Å². The van der Waals surface area contributed by atoms with Gasteiger partial charge in [-0.2, -0.15) is 0 Å². The van der Waals surface area contributed by atoms with Crippen LogP contribution in [0.15, 0.2) is 18.2 Å². The molecular formula is C16H24N2O. The molecular weight excluding hydrogens is 236 g/mol. The van der Waals surface area contributed by atoms with E-state index in [9.17, 15) is 0 Å². The number of nitrogens with zero attached hydrogens (tertiary/aromatic N) is 1. The minimum Gasteiger partial charge on any atom is -0.489 e. The van der Waals surface area contributed by atoms with Gasteiger partial charge in [-0.3, -0.25) is 4.90 Å². The van der Waals surface area contributed by atoms with Crippen LogP contribution in [0.25, 0.3) is 0 Å². The maximum absolute atomic E-state index is 6.18. The molecule has 1 fully saturated rings. The molecule has 1 aromatic rings. The summed E-state index contributed by atoms with van der Waals surface area (Å²) in [5.74, 6) is 1.05. The summed E-state index contributed by atoms with van der Waals surface area (Å²) in [6.45, 7) is 7.75. The Morgan fingerprint density at radius 2 is 2.32 bits per heavy atom. The van der Waals surface area contributed by atoms with Gasteiger partial charge in [0, 0.05) is 13.1 Å². The summed E-state index contributed by atoms with van der Waals surface area (Å²) in [6.07, 6.45) is 3.95. The molecule has 19 heavy (non-hydrogen) atoms. The minimum atomic E-state index is 0.364. The molecule has 3 nitrogen and oxygen atoms in total. The lowest BCUT2D eigenvalue weighted by atomic mass is 10.0. The Morgan fingerprint density at radius 1 is 1.37 bits per heavy atom. The van der Waals surface area contributed by atoms with E-state index in [0.29, 0.717) is 6.10 Å². The SMILES string of the molecule is CCN1CCCC(Oc2ccc3c(c2)CNCC3)C1. The molecule has 0 aliphatic carbocycles. The first-order chi connectivity index (χ1) is 9.35. The van der Waals surface area contributed by atoms with Gasteiger partial charge in [-0.05, 0) is 62.2 Å². The summed E-state index contributed by atoms with van der Waals surface area (Å²) >= 11 is 0. The largest absolute Gasteiger partial charge is 0.489 e. The van der Waals surface area contributed by atoms with Crippen molar-refractivity contribution in [3.63, 3.8) is 0 Å². The lowest BCUT2D eigenvalue weighted by Crippen LogP contribution is -2.40. The molecule has 2 aliphatic rings. The average Bonchev–Trinajstić information content (AvgIpc) is 2.47. The van der Waals surface area contributed by atoms with Crippen molar-refractivity contribution in [2.45, 2.75) is 38.8 Å². The van der Waals surface area contributed by atoms with Crippen LogP contribution in [-0.4, -0.2) is 37.2 Å². The smallest absolute Gasteiger partial charge is 0.120 e. The number of hydrogen-bond donors (Lipinski definition) is 1. The fourth-order valence-corrected chi connectivity index (χ4v) is 3.12. The van der Waals surface area contributed by atoms with Crippen molar-refractivity contribution in [3.8, 4) is 5.75 Å². The maximum atomic E-state index is 6.18. The molecule has 0 aromatic heterocycles. The van der Waals surface area contributed by atoms with Crippen LogP contribution in [0.5, 0.6) is 5.75 Å². The Bertz CT molecular complexity index is 433. The van der Waals surface area contributed by atoms with Gasteiger partial charge in [0.2, 0.25) is 0 Å². The highest BCUT2D eigenvalue weighted by atomic mass is 16.5. The Hall–Kier alpha value is -1.06. The van der Waals surface area contributed by atoms with E-state index < -0.39 is 0 Å².